The fourth-order valence-corrected chi connectivity index (χ4v) is 2.97. The van der Waals surface area contributed by atoms with Gasteiger partial charge in [0.05, 0.1) is 6.61 Å². The van der Waals surface area contributed by atoms with Gasteiger partial charge >= 0.3 is 0 Å². The highest BCUT2D eigenvalue weighted by Gasteiger charge is 2.32. The quantitative estimate of drug-likeness (QED) is 0.335. The van der Waals surface area contributed by atoms with Crippen LogP contribution in [0.2, 0.25) is 0 Å². The van der Waals surface area contributed by atoms with Crippen molar-refractivity contribution in [3.05, 3.63) is 48.6 Å². The van der Waals surface area contributed by atoms with Crippen molar-refractivity contribution in [1.82, 2.24) is 5.32 Å². The lowest BCUT2D eigenvalue weighted by Crippen LogP contribution is -2.39. The fraction of sp³-hybridized carbons (Fsp3) is 0.609. The molecule has 0 bridgehead atoms. The lowest BCUT2D eigenvalue weighted by Gasteiger charge is -2.32. The lowest BCUT2D eigenvalue weighted by atomic mass is 9.74. The average molecular weight is 360 g/mol. The Bertz CT molecular complexity index is 471. The molecule has 0 radical (unpaired) electrons. The second-order valence-electron chi connectivity index (χ2n) is 6.99. The van der Waals surface area contributed by atoms with Crippen LogP contribution < -0.4 is 5.32 Å². The van der Waals surface area contributed by atoms with Gasteiger partial charge < -0.3 is 10.4 Å². The number of carbonyl (C=O) groups is 1. The van der Waals surface area contributed by atoms with Gasteiger partial charge in [0.25, 0.3) is 0 Å². The molecule has 1 aliphatic rings. The Morgan fingerprint density at radius 1 is 0.962 bits per heavy atom. The normalized spacial score (nSPS) is 20.5. The highest BCUT2D eigenvalue weighted by Crippen LogP contribution is 2.34. The van der Waals surface area contributed by atoms with Gasteiger partial charge in [-0.15, -0.1) is 0 Å². The van der Waals surface area contributed by atoms with E-state index in [1.807, 2.05) is 0 Å². The van der Waals surface area contributed by atoms with Gasteiger partial charge in [0.2, 0.25) is 5.91 Å². The van der Waals surface area contributed by atoms with Crippen LogP contribution >= 0.6 is 0 Å². The maximum Gasteiger partial charge on any atom is 0.223 e. The van der Waals surface area contributed by atoms with E-state index in [0.717, 1.165) is 32.1 Å². The number of aliphatic hydroxyl groups excluding tert-OH is 1. The number of amides is 1. The molecule has 1 aliphatic carbocycles. The van der Waals surface area contributed by atoms with Crippen LogP contribution in [0.1, 0.15) is 64.7 Å². The van der Waals surface area contributed by atoms with Crippen LogP contribution in [0.5, 0.6) is 0 Å². The minimum atomic E-state index is 0.0130. The zero-order chi connectivity index (χ0) is 18.9. The first kappa shape index (κ1) is 22.4. The molecule has 2 N–H and O–H groups in total. The summed E-state index contributed by atoms with van der Waals surface area (Å²) in [5, 5.41) is 11.4. The number of carbonyl (C=O) groups excluding carboxylic acids is 1. The lowest BCUT2D eigenvalue weighted by molar-refractivity contribution is -0.128. The molecule has 0 heterocycles. The van der Waals surface area contributed by atoms with E-state index in [1.165, 1.54) is 25.7 Å². The Balaban J connectivity index is 1.97. The Morgan fingerprint density at radius 2 is 1.58 bits per heavy atom. The van der Waals surface area contributed by atoms with E-state index >= 15 is 0 Å². The van der Waals surface area contributed by atoms with Gasteiger partial charge in [0, 0.05) is 12.5 Å². The molecule has 0 unspecified atom stereocenters. The Hall–Kier alpha value is -1.61. The van der Waals surface area contributed by atoms with Gasteiger partial charge in [0.15, 0.2) is 0 Å². The van der Waals surface area contributed by atoms with E-state index in [4.69, 9.17) is 5.11 Å². The third-order valence-electron chi connectivity index (χ3n) is 4.66. The molecule has 146 valence electrons. The minimum Gasteiger partial charge on any atom is -0.395 e. The van der Waals surface area contributed by atoms with Crippen LogP contribution in [-0.4, -0.2) is 24.2 Å². The maximum absolute atomic E-state index is 11.7. The smallest absolute Gasteiger partial charge is 0.223 e. The first-order valence-corrected chi connectivity index (χ1v) is 10.3. The molecule has 0 atom stereocenters. The summed E-state index contributed by atoms with van der Waals surface area (Å²) in [7, 11) is 0. The molecule has 1 amide bonds. The number of aliphatic hydroxyl groups is 1. The van der Waals surface area contributed by atoms with E-state index < -0.39 is 0 Å². The SMILES string of the molecule is CCCCC/C=C\C/C=C\C/C=C\C/C=C\C1CC(C(=O)NCCO)C1. The molecule has 1 saturated carbocycles. The third kappa shape index (κ3) is 11.1. The van der Waals surface area contributed by atoms with Crippen molar-refractivity contribution in [1.29, 1.82) is 0 Å². The predicted octanol–water partition coefficient (Wildman–Crippen LogP) is 5.10. The van der Waals surface area contributed by atoms with Crippen molar-refractivity contribution in [3.8, 4) is 0 Å². The number of hydrogen-bond acceptors (Lipinski definition) is 2. The molecule has 0 saturated heterocycles. The summed E-state index contributed by atoms with van der Waals surface area (Å²) < 4.78 is 0. The molecule has 0 aromatic rings. The van der Waals surface area contributed by atoms with E-state index in [9.17, 15) is 4.79 Å². The molecular formula is C23H37NO2. The highest BCUT2D eigenvalue weighted by atomic mass is 16.3. The van der Waals surface area contributed by atoms with Crippen LogP contribution in [0.25, 0.3) is 0 Å². The number of nitrogens with one attached hydrogen (secondary N) is 1. The minimum absolute atomic E-state index is 0.0130. The van der Waals surface area contributed by atoms with Gasteiger partial charge in [-0.05, 0) is 50.9 Å². The second kappa shape index (κ2) is 15.6. The number of rotatable bonds is 14. The molecule has 3 heteroatoms. The van der Waals surface area contributed by atoms with E-state index in [0.29, 0.717) is 12.5 Å². The van der Waals surface area contributed by atoms with Crippen LogP contribution in [0.15, 0.2) is 48.6 Å². The summed E-state index contributed by atoms with van der Waals surface area (Å²) in [4.78, 5) is 11.7. The van der Waals surface area contributed by atoms with Crippen molar-refractivity contribution in [2.24, 2.45) is 11.8 Å². The monoisotopic (exact) mass is 359 g/mol. The van der Waals surface area contributed by atoms with Gasteiger partial charge in [0.1, 0.15) is 0 Å². The standard InChI is InChI=1S/C23H37NO2/c1-2-3-4-5-6-7-8-9-10-11-12-13-14-15-16-21-19-22(20-21)23(26)24-17-18-25/h6-7,9-10,12-13,15-16,21-22,25H,2-5,8,11,14,17-20H2,1H3,(H,24,26)/b7-6-,10-9-,13-12-,16-15-. The van der Waals surface area contributed by atoms with Crippen molar-refractivity contribution in [3.63, 3.8) is 0 Å². The summed E-state index contributed by atoms with van der Waals surface area (Å²) in [6.45, 7) is 2.62. The van der Waals surface area contributed by atoms with Crippen molar-refractivity contribution in [2.45, 2.75) is 64.7 Å². The fourth-order valence-electron chi connectivity index (χ4n) is 2.97. The van der Waals surface area contributed by atoms with E-state index in [2.05, 4.69) is 60.8 Å². The van der Waals surface area contributed by atoms with Crippen molar-refractivity contribution in [2.75, 3.05) is 13.2 Å². The summed E-state index contributed by atoms with van der Waals surface area (Å²) in [5.74, 6) is 0.765. The molecule has 0 aromatic heterocycles. The molecule has 1 fully saturated rings. The van der Waals surface area contributed by atoms with Crippen LogP contribution in [0.4, 0.5) is 0 Å². The summed E-state index contributed by atoms with van der Waals surface area (Å²) >= 11 is 0. The third-order valence-corrected chi connectivity index (χ3v) is 4.66. The number of hydrogen-bond donors (Lipinski definition) is 2. The largest absolute Gasteiger partial charge is 0.395 e. The second-order valence-corrected chi connectivity index (χ2v) is 6.99. The average Bonchev–Trinajstić information content (AvgIpc) is 2.61. The molecular weight excluding hydrogens is 322 g/mol. The molecule has 0 spiro atoms. The van der Waals surface area contributed by atoms with E-state index in [-0.39, 0.29) is 18.4 Å². The van der Waals surface area contributed by atoms with Gasteiger partial charge in [-0.2, -0.15) is 0 Å². The zero-order valence-electron chi connectivity index (χ0n) is 16.4. The van der Waals surface area contributed by atoms with Crippen molar-refractivity contribution >= 4 is 5.91 Å². The van der Waals surface area contributed by atoms with Gasteiger partial charge in [-0.1, -0.05) is 68.4 Å². The van der Waals surface area contributed by atoms with Crippen LogP contribution in [0, 0.1) is 11.8 Å². The summed E-state index contributed by atoms with van der Waals surface area (Å²) in [6.07, 6.45) is 27.9. The molecule has 26 heavy (non-hydrogen) atoms. The van der Waals surface area contributed by atoms with Crippen LogP contribution in [-0.2, 0) is 4.79 Å². The van der Waals surface area contributed by atoms with E-state index in [1.54, 1.807) is 0 Å². The number of allylic oxidation sites excluding steroid dienone is 8. The van der Waals surface area contributed by atoms with Crippen LogP contribution in [0.3, 0.4) is 0 Å². The van der Waals surface area contributed by atoms with Crippen molar-refractivity contribution < 1.29 is 9.90 Å². The zero-order valence-corrected chi connectivity index (χ0v) is 16.4. The van der Waals surface area contributed by atoms with Gasteiger partial charge in [-0.25, -0.2) is 0 Å². The molecule has 1 rings (SSSR count). The molecule has 0 aromatic carbocycles. The van der Waals surface area contributed by atoms with Gasteiger partial charge in [-0.3, -0.25) is 4.79 Å². The highest BCUT2D eigenvalue weighted by molar-refractivity contribution is 5.79. The molecule has 3 nitrogen and oxygen atoms in total. The summed E-state index contributed by atoms with van der Waals surface area (Å²) in [6, 6.07) is 0. The first-order chi connectivity index (χ1) is 12.8. The summed E-state index contributed by atoms with van der Waals surface area (Å²) in [5.41, 5.74) is 0. The maximum atomic E-state index is 11.7. The molecule has 0 aliphatic heterocycles. The predicted molar refractivity (Wildman–Crippen MR) is 111 cm³/mol. The Labute approximate surface area is 160 Å². The number of unbranched alkanes of at least 4 members (excludes halogenated alkanes) is 3. The Kier molecular flexibility index (Phi) is 13.5. The Morgan fingerprint density at radius 3 is 2.19 bits per heavy atom. The first-order valence-electron chi connectivity index (χ1n) is 10.3. The topological polar surface area (TPSA) is 49.3 Å².